The van der Waals surface area contributed by atoms with Gasteiger partial charge in [0.05, 0.1) is 5.69 Å². The summed E-state index contributed by atoms with van der Waals surface area (Å²) >= 11 is 0. The van der Waals surface area contributed by atoms with Crippen LogP contribution in [0.5, 0.6) is 0 Å². The van der Waals surface area contributed by atoms with Crippen LogP contribution in [0.15, 0.2) is 36.5 Å². The van der Waals surface area contributed by atoms with Crippen LogP contribution in [0.3, 0.4) is 0 Å². The van der Waals surface area contributed by atoms with Crippen molar-refractivity contribution in [3.63, 3.8) is 0 Å². The Labute approximate surface area is 138 Å². The van der Waals surface area contributed by atoms with Gasteiger partial charge in [0.25, 0.3) is 0 Å². The molecule has 0 aliphatic carbocycles. The van der Waals surface area contributed by atoms with E-state index >= 15 is 0 Å². The zero-order chi connectivity index (χ0) is 14.4. The van der Waals surface area contributed by atoms with E-state index in [0.29, 0.717) is 0 Å². The maximum atomic E-state index is 4.29. The standard InChI is InChI=1S/C17H23N3.Fe/c1-13-10-14(2)17(15(3)11-13)20-9-8-18-12-16-6-4-5-7-19-16;/h4-7,10-11,18,20H,8-9,12H2,1-3H3;. The van der Waals surface area contributed by atoms with Gasteiger partial charge in [-0.1, -0.05) is 23.8 Å². The number of aromatic nitrogens is 1. The van der Waals surface area contributed by atoms with E-state index in [4.69, 9.17) is 0 Å². The average molecular weight is 325 g/mol. The Hall–Kier alpha value is -1.35. The van der Waals surface area contributed by atoms with Gasteiger partial charge < -0.3 is 10.6 Å². The normalized spacial score (nSPS) is 10.0. The first-order valence-corrected chi connectivity index (χ1v) is 7.09. The Bertz CT molecular complexity index is 532. The predicted molar refractivity (Wildman–Crippen MR) is 85.1 cm³/mol. The van der Waals surface area contributed by atoms with Gasteiger partial charge in [-0.25, -0.2) is 0 Å². The number of benzene rings is 1. The van der Waals surface area contributed by atoms with Gasteiger partial charge in [-0.15, -0.1) is 0 Å². The fourth-order valence-corrected chi connectivity index (χ4v) is 2.45. The van der Waals surface area contributed by atoms with Crippen molar-refractivity contribution in [2.45, 2.75) is 27.3 Å². The van der Waals surface area contributed by atoms with E-state index in [9.17, 15) is 0 Å². The van der Waals surface area contributed by atoms with Crippen LogP contribution in [0.2, 0.25) is 0 Å². The monoisotopic (exact) mass is 325 g/mol. The van der Waals surface area contributed by atoms with E-state index in [2.05, 4.69) is 48.5 Å². The average Bonchev–Trinajstić information content (AvgIpc) is 2.42. The SMILES string of the molecule is Cc1cc(C)c(NCCNCc2ccccn2)c(C)c1.[Fe]. The fourth-order valence-electron chi connectivity index (χ4n) is 2.45. The first kappa shape index (κ1) is 17.7. The van der Waals surface area contributed by atoms with Gasteiger partial charge in [-0.05, 0) is 44.0 Å². The van der Waals surface area contributed by atoms with Crippen molar-refractivity contribution in [1.82, 2.24) is 10.3 Å². The van der Waals surface area contributed by atoms with Crippen molar-refractivity contribution in [2.24, 2.45) is 0 Å². The Kier molecular flexibility index (Phi) is 7.44. The summed E-state index contributed by atoms with van der Waals surface area (Å²) in [6.07, 6.45) is 1.83. The van der Waals surface area contributed by atoms with Crippen molar-refractivity contribution in [3.05, 3.63) is 58.9 Å². The molecule has 2 rings (SSSR count). The molecule has 1 aromatic carbocycles. The number of hydrogen-bond acceptors (Lipinski definition) is 3. The van der Waals surface area contributed by atoms with Crippen LogP contribution in [-0.2, 0) is 23.6 Å². The molecule has 2 aromatic rings. The maximum absolute atomic E-state index is 4.29. The molecule has 0 saturated heterocycles. The number of anilines is 1. The maximum Gasteiger partial charge on any atom is 0.0541 e. The molecule has 21 heavy (non-hydrogen) atoms. The van der Waals surface area contributed by atoms with Crippen molar-refractivity contribution >= 4 is 5.69 Å². The number of nitrogens with zero attached hydrogens (tertiary/aromatic N) is 1. The molecule has 3 nitrogen and oxygen atoms in total. The minimum absolute atomic E-state index is 0. The molecule has 0 aliphatic heterocycles. The molecule has 0 amide bonds. The Morgan fingerprint density at radius 1 is 1.00 bits per heavy atom. The van der Waals surface area contributed by atoms with Crippen LogP contribution >= 0.6 is 0 Å². The van der Waals surface area contributed by atoms with Crippen molar-refractivity contribution in [2.75, 3.05) is 18.4 Å². The second-order valence-corrected chi connectivity index (χ2v) is 5.20. The quantitative estimate of drug-likeness (QED) is 0.633. The number of nitrogens with one attached hydrogen (secondary N) is 2. The first-order chi connectivity index (χ1) is 9.66. The molecule has 0 saturated carbocycles. The van der Waals surface area contributed by atoms with Crippen LogP contribution in [0.25, 0.3) is 0 Å². The molecule has 2 N–H and O–H groups in total. The molecule has 1 aromatic heterocycles. The van der Waals surface area contributed by atoms with E-state index in [0.717, 1.165) is 25.3 Å². The molecule has 114 valence electrons. The predicted octanol–water partition coefficient (Wildman–Crippen LogP) is 3.21. The summed E-state index contributed by atoms with van der Waals surface area (Å²) in [7, 11) is 0. The van der Waals surface area contributed by atoms with E-state index in [-0.39, 0.29) is 17.1 Å². The summed E-state index contributed by atoms with van der Waals surface area (Å²) in [4.78, 5) is 4.29. The van der Waals surface area contributed by atoms with Gasteiger partial charge >= 0.3 is 0 Å². The molecule has 0 radical (unpaired) electrons. The van der Waals surface area contributed by atoms with Gasteiger partial charge in [0.1, 0.15) is 0 Å². The third-order valence-electron chi connectivity index (χ3n) is 3.31. The van der Waals surface area contributed by atoms with Crippen LogP contribution < -0.4 is 10.6 Å². The summed E-state index contributed by atoms with van der Waals surface area (Å²) < 4.78 is 0. The number of pyridine rings is 1. The molecule has 0 atom stereocenters. The van der Waals surface area contributed by atoms with E-state index < -0.39 is 0 Å². The van der Waals surface area contributed by atoms with Crippen molar-refractivity contribution in [3.8, 4) is 0 Å². The molecule has 4 heteroatoms. The summed E-state index contributed by atoms with van der Waals surface area (Å²) in [5.74, 6) is 0. The molecule has 0 aliphatic rings. The Morgan fingerprint density at radius 2 is 1.71 bits per heavy atom. The van der Waals surface area contributed by atoms with Gasteiger partial charge in [0.15, 0.2) is 0 Å². The minimum Gasteiger partial charge on any atom is -0.383 e. The number of hydrogen-bond donors (Lipinski definition) is 2. The van der Waals surface area contributed by atoms with E-state index in [1.165, 1.54) is 22.4 Å². The Balaban J connectivity index is 0.00000220. The topological polar surface area (TPSA) is 37.0 Å². The number of rotatable bonds is 6. The summed E-state index contributed by atoms with van der Waals surface area (Å²) in [5, 5.41) is 6.91. The first-order valence-electron chi connectivity index (χ1n) is 7.09. The zero-order valence-corrected chi connectivity index (χ0v) is 14.0. The summed E-state index contributed by atoms with van der Waals surface area (Å²) in [6.45, 7) is 9.10. The molecule has 0 unspecified atom stereocenters. The summed E-state index contributed by atoms with van der Waals surface area (Å²) in [5.41, 5.74) is 6.28. The van der Waals surface area contributed by atoms with Crippen LogP contribution in [0.1, 0.15) is 22.4 Å². The number of aryl methyl sites for hydroxylation is 3. The van der Waals surface area contributed by atoms with E-state index in [1.54, 1.807) is 0 Å². The molecular weight excluding hydrogens is 302 g/mol. The van der Waals surface area contributed by atoms with Crippen LogP contribution in [-0.4, -0.2) is 18.1 Å². The molecular formula is C17H23FeN3. The minimum atomic E-state index is 0. The van der Waals surface area contributed by atoms with Gasteiger partial charge in [-0.2, -0.15) is 0 Å². The molecule has 0 spiro atoms. The fraction of sp³-hybridized carbons (Fsp3) is 0.353. The largest absolute Gasteiger partial charge is 0.383 e. The Morgan fingerprint density at radius 3 is 2.33 bits per heavy atom. The van der Waals surface area contributed by atoms with Gasteiger partial charge in [-0.3, -0.25) is 4.98 Å². The second kappa shape index (κ2) is 8.83. The van der Waals surface area contributed by atoms with Crippen molar-refractivity contribution < 1.29 is 17.1 Å². The summed E-state index contributed by atoms with van der Waals surface area (Å²) in [6, 6.07) is 10.4. The smallest absolute Gasteiger partial charge is 0.0541 e. The zero-order valence-electron chi connectivity index (χ0n) is 12.9. The third-order valence-corrected chi connectivity index (χ3v) is 3.31. The van der Waals surface area contributed by atoms with Crippen molar-refractivity contribution in [1.29, 1.82) is 0 Å². The van der Waals surface area contributed by atoms with Gasteiger partial charge in [0.2, 0.25) is 0 Å². The second-order valence-electron chi connectivity index (χ2n) is 5.20. The van der Waals surface area contributed by atoms with Crippen LogP contribution in [0.4, 0.5) is 5.69 Å². The molecule has 0 bridgehead atoms. The van der Waals surface area contributed by atoms with Crippen LogP contribution in [0, 0.1) is 20.8 Å². The molecule has 0 fully saturated rings. The van der Waals surface area contributed by atoms with E-state index in [1.807, 2.05) is 24.4 Å². The van der Waals surface area contributed by atoms with Gasteiger partial charge in [0, 0.05) is 48.6 Å². The molecule has 1 heterocycles. The third kappa shape index (κ3) is 5.50.